The highest BCUT2D eigenvalue weighted by atomic mass is 16.1. The van der Waals surface area contributed by atoms with Crippen molar-refractivity contribution in [2.45, 2.75) is 39.7 Å². The molecule has 1 aromatic heterocycles. The van der Waals surface area contributed by atoms with Crippen molar-refractivity contribution in [3.05, 3.63) is 23.4 Å². The van der Waals surface area contributed by atoms with Crippen molar-refractivity contribution in [3.8, 4) is 0 Å². The summed E-state index contributed by atoms with van der Waals surface area (Å²) in [6, 6.07) is 3.72. The number of anilines is 1. The zero-order valence-electron chi connectivity index (χ0n) is 11.7. The fourth-order valence-corrected chi connectivity index (χ4v) is 2.69. The van der Waals surface area contributed by atoms with Crippen molar-refractivity contribution in [2.75, 3.05) is 5.43 Å². The number of nitrogens with zero attached hydrogens (tertiary/aromatic N) is 1. The van der Waals surface area contributed by atoms with Crippen molar-refractivity contribution in [1.82, 2.24) is 10.3 Å². The van der Waals surface area contributed by atoms with E-state index in [1.165, 1.54) is 6.42 Å². The van der Waals surface area contributed by atoms with Crippen LogP contribution in [0.25, 0.3) is 0 Å². The number of pyridine rings is 1. The van der Waals surface area contributed by atoms with Crippen LogP contribution in [0.15, 0.2) is 12.1 Å². The fraction of sp³-hybridized carbons (Fsp3) is 0.571. The number of nitrogens with two attached hydrogens (primary N) is 1. The molecule has 0 aliphatic heterocycles. The van der Waals surface area contributed by atoms with Crippen LogP contribution in [0.5, 0.6) is 0 Å². The molecule has 0 bridgehead atoms. The number of hydrogen-bond donors (Lipinski definition) is 3. The molecule has 19 heavy (non-hydrogen) atoms. The maximum atomic E-state index is 12.3. The van der Waals surface area contributed by atoms with Gasteiger partial charge in [0.2, 0.25) is 0 Å². The highest BCUT2D eigenvalue weighted by molar-refractivity contribution is 5.95. The average molecular weight is 262 g/mol. The summed E-state index contributed by atoms with van der Waals surface area (Å²) in [5.41, 5.74) is 3.86. The minimum Gasteiger partial charge on any atom is -0.349 e. The van der Waals surface area contributed by atoms with Gasteiger partial charge < -0.3 is 10.7 Å². The Morgan fingerprint density at radius 2 is 2.11 bits per heavy atom. The van der Waals surface area contributed by atoms with Gasteiger partial charge in [0.25, 0.3) is 5.91 Å². The molecule has 5 heteroatoms. The Morgan fingerprint density at radius 1 is 1.37 bits per heavy atom. The van der Waals surface area contributed by atoms with Crippen LogP contribution >= 0.6 is 0 Å². The lowest BCUT2D eigenvalue weighted by atomic mass is 9.97. The predicted octanol–water partition coefficient (Wildman–Crippen LogP) is 1.84. The molecule has 3 unspecified atom stereocenters. The lowest BCUT2D eigenvalue weighted by Gasteiger charge is -2.20. The van der Waals surface area contributed by atoms with E-state index in [2.05, 4.69) is 29.6 Å². The van der Waals surface area contributed by atoms with E-state index in [1.807, 2.05) is 6.92 Å². The van der Waals surface area contributed by atoms with Crippen LogP contribution < -0.4 is 16.6 Å². The number of nitrogen functional groups attached to an aromatic ring is 1. The van der Waals surface area contributed by atoms with Gasteiger partial charge in [0, 0.05) is 17.3 Å². The Bertz CT molecular complexity index is 475. The van der Waals surface area contributed by atoms with E-state index >= 15 is 0 Å². The first-order valence-electron chi connectivity index (χ1n) is 6.77. The molecule has 1 amide bonds. The molecular formula is C14H22N4O. The number of rotatable bonds is 3. The second-order valence-electron chi connectivity index (χ2n) is 5.52. The van der Waals surface area contributed by atoms with E-state index < -0.39 is 0 Å². The third-order valence-electron chi connectivity index (χ3n) is 4.15. The molecular weight excluding hydrogens is 240 g/mol. The third kappa shape index (κ3) is 3.04. The fourth-order valence-electron chi connectivity index (χ4n) is 2.69. The number of carbonyl (C=O) groups is 1. The molecule has 104 valence electrons. The minimum absolute atomic E-state index is 0.0482. The van der Waals surface area contributed by atoms with E-state index in [0.29, 0.717) is 23.2 Å². The molecule has 1 heterocycles. The van der Waals surface area contributed by atoms with Crippen molar-refractivity contribution in [2.24, 2.45) is 17.7 Å². The Balaban J connectivity index is 2.10. The lowest BCUT2D eigenvalue weighted by molar-refractivity contribution is 0.0927. The van der Waals surface area contributed by atoms with Crippen LogP contribution in [0, 0.1) is 18.8 Å². The number of nitrogens with one attached hydrogen (secondary N) is 2. The molecule has 4 N–H and O–H groups in total. The number of carbonyl (C=O) groups excluding carboxylic acids is 1. The molecule has 5 nitrogen and oxygen atoms in total. The number of amides is 1. The first-order chi connectivity index (χ1) is 9.01. The highest BCUT2D eigenvalue weighted by Gasteiger charge is 2.30. The SMILES string of the molecule is Cc1cc(C(=O)NC2CCC(C)C2C)cc(NN)n1. The molecule has 1 saturated carbocycles. The summed E-state index contributed by atoms with van der Waals surface area (Å²) < 4.78 is 0. The van der Waals surface area contributed by atoms with E-state index in [9.17, 15) is 4.79 Å². The molecule has 1 aromatic rings. The largest absolute Gasteiger partial charge is 0.349 e. The summed E-state index contributed by atoms with van der Waals surface area (Å²) in [7, 11) is 0. The van der Waals surface area contributed by atoms with Gasteiger partial charge in [-0.2, -0.15) is 0 Å². The van der Waals surface area contributed by atoms with Crippen molar-refractivity contribution in [1.29, 1.82) is 0 Å². The van der Waals surface area contributed by atoms with Crippen LogP contribution in [0.2, 0.25) is 0 Å². The summed E-state index contributed by atoms with van der Waals surface area (Å²) in [6.45, 7) is 6.29. The second-order valence-corrected chi connectivity index (χ2v) is 5.52. The van der Waals surface area contributed by atoms with Gasteiger partial charge in [0.1, 0.15) is 5.82 Å². The highest BCUT2D eigenvalue weighted by Crippen LogP contribution is 2.31. The zero-order chi connectivity index (χ0) is 14.0. The summed E-state index contributed by atoms with van der Waals surface area (Å²) in [6.07, 6.45) is 2.23. The topological polar surface area (TPSA) is 80.0 Å². The van der Waals surface area contributed by atoms with Gasteiger partial charge in [-0.15, -0.1) is 0 Å². The van der Waals surface area contributed by atoms with E-state index in [1.54, 1.807) is 12.1 Å². The molecule has 1 aliphatic rings. The summed E-state index contributed by atoms with van der Waals surface area (Å²) in [5.74, 6) is 7.01. The van der Waals surface area contributed by atoms with Crippen LogP contribution in [-0.4, -0.2) is 16.9 Å². The summed E-state index contributed by atoms with van der Waals surface area (Å²) in [4.78, 5) is 16.4. The van der Waals surface area contributed by atoms with Crippen LogP contribution in [0.4, 0.5) is 5.82 Å². The molecule has 1 fully saturated rings. The summed E-state index contributed by atoms with van der Waals surface area (Å²) in [5, 5.41) is 3.12. The third-order valence-corrected chi connectivity index (χ3v) is 4.15. The Labute approximate surface area is 114 Å². The normalized spacial score (nSPS) is 26.2. The van der Waals surface area contributed by atoms with Gasteiger partial charge in [0.05, 0.1) is 0 Å². The maximum absolute atomic E-state index is 12.3. The van der Waals surface area contributed by atoms with Crippen LogP contribution in [0.1, 0.15) is 42.7 Å². The molecule has 0 aromatic carbocycles. The van der Waals surface area contributed by atoms with Gasteiger partial charge in [0.15, 0.2) is 0 Å². The lowest BCUT2D eigenvalue weighted by Crippen LogP contribution is -2.37. The average Bonchev–Trinajstić information content (AvgIpc) is 2.70. The molecule has 0 radical (unpaired) electrons. The first-order valence-corrected chi connectivity index (χ1v) is 6.77. The number of aromatic nitrogens is 1. The Hall–Kier alpha value is -1.62. The minimum atomic E-state index is -0.0482. The van der Waals surface area contributed by atoms with Gasteiger partial charge in [-0.1, -0.05) is 13.8 Å². The molecule has 2 rings (SSSR count). The molecule has 0 saturated heterocycles. The van der Waals surface area contributed by atoms with Gasteiger partial charge in [-0.3, -0.25) is 4.79 Å². The van der Waals surface area contributed by atoms with E-state index in [0.717, 1.165) is 12.1 Å². The van der Waals surface area contributed by atoms with Crippen molar-refractivity contribution < 1.29 is 4.79 Å². The second kappa shape index (κ2) is 5.57. The molecule has 0 spiro atoms. The number of hydrogen-bond acceptors (Lipinski definition) is 4. The van der Waals surface area contributed by atoms with Gasteiger partial charge >= 0.3 is 0 Å². The van der Waals surface area contributed by atoms with Crippen molar-refractivity contribution >= 4 is 11.7 Å². The zero-order valence-corrected chi connectivity index (χ0v) is 11.7. The smallest absolute Gasteiger partial charge is 0.251 e. The number of aryl methyl sites for hydroxylation is 1. The quantitative estimate of drug-likeness (QED) is 0.573. The molecule has 3 atom stereocenters. The van der Waals surface area contributed by atoms with Crippen molar-refractivity contribution in [3.63, 3.8) is 0 Å². The van der Waals surface area contributed by atoms with Gasteiger partial charge in [-0.05, 0) is 43.7 Å². The Kier molecular flexibility index (Phi) is 4.04. The monoisotopic (exact) mass is 262 g/mol. The Morgan fingerprint density at radius 3 is 2.68 bits per heavy atom. The predicted molar refractivity (Wildman–Crippen MR) is 75.6 cm³/mol. The van der Waals surface area contributed by atoms with E-state index in [4.69, 9.17) is 5.84 Å². The van der Waals surface area contributed by atoms with E-state index in [-0.39, 0.29) is 11.9 Å². The molecule has 1 aliphatic carbocycles. The standard InChI is InChI=1S/C14H22N4O/c1-8-4-5-12(10(8)3)17-14(19)11-6-9(2)16-13(7-11)18-15/h6-8,10,12H,4-5,15H2,1-3H3,(H,16,18)(H,17,19). The maximum Gasteiger partial charge on any atom is 0.251 e. The first kappa shape index (κ1) is 13.8. The van der Waals surface area contributed by atoms with Gasteiger partial charge in [-0.25, -0.2) is 10.8 Å². The summed E-state index contributed by atoms with van der Waals surface area (Å²) >= 11 is 0. The number of hydrazine groups is 1. The van der Waals surface area contributed by atoms with Crippen LogP contribution in [-0.2, 0) is 0 Å². The van der Waals surface area contributed by atoms with Crippen LogP contribution in [0.3, 0.4) is 0 Å².